The number of amides is 1. The smallest absolute Gasteiger partial charge is 0.234 e. The zero-order valence-corrected chi connectivity index (χ0v) is 21.2. The number of benzene rings is 2. The van der Waals surface area contributed by atoms with Crippen LogP contribution in [0.2, 0.25) is 0 Å². The number of ether oxygens (including phenoxy) is 1. The van der Waals surface area contributed by atoms with Gasteiger partial charge in [0.05, 0.1) is 18.4 Å². The van der Waals surface area contributed by atoms with Gasteiger partial charge in [-0.1, -0.05) is 62.9 Å². The number of aromatic nitrogens is 4. The summed E-state index contributed by atoms with van der Waals surface area (Å²) in [6.45, 7) is 7.98. The molecule has 0 spiro atoms. The molecule has 1 aliphatic rings. The van der Waals surface area contributed by atoms with Crippen LogP contribution in [-0.2, 0) is 21.5 Å². The van der Waals surface area contributed by atoms with E-state index in [2.05, 4.69) is 64.0 Å². The lowest BCUT2D eigenvalue weighted by Gasteiger charge is -2.19. The first-order chi connectivity index (χ1) is 16.9. The number of hydrogen-bond donors (Lipinski definition) is 2. The van der Waals surface area contributed by atoms with Gasteiger partial charge >= 0.3 is 0 Å². The Morgan fingerprint density at radius 1 is 1.17 bits per heavy atom. The highest BCUT2D eigenvalue weighted by Gasteiger charge is 2.23. The van der Waals surface area contributed by atoms with Gasteiger partial charge in [-0.2, -0.15) is 0 Å². The predicted molar refractivity (Wildman–Crippen MR) is 141 cm³/mol. The molecule has 2 N–H and O–H groups in total. The monoisotopic (exact) mass is 489 g/mol. The van der Waals surface area contributed by atoms with Crippen molar-refractivity contribution in [1.29, 1.82) is 0 Å². The highest BCUT2D eigenvalue weighted by atomic mass is 32.2. The van der Waals surface area contributed by atoms with Gasteiger partial charge in [0.15, 0.2) is 11.0 Å². The zero-order valence-electron chi connectivity index (χ0n) is 20.4. The van der Waals surface area contributed by atoms with E-state index in [1.165, 1.54) is 17.3 Å². The second-order valence-electron chi connectivity index (χ2n) is 9.96. The fourth-order valence-corrected chi connectivity index (χ4v) is 5.14. The van der Waals surface area contributed by atoms with Crippen LogP contribution >= 0.6 is 11.8 Å². The number of anilines is 1. The highest BCUT2D eigenvalue weighted by molar-refractivity contribution is 7.99. The Balaban J connectivity index is 1.33. The van der Waals surface area contributed by atoms with Crippen molar-refractivity contribution in [2.45, 2.75) is 56.8 Å². The van der Waals surface area contributed by atoms with E-state index in [0.29, 0.717) is 6.54 Å². The normalized spacial score (nSPS) is 16.1. The van der Waals surface area contributed by atoms with Gasteiger partial charge in [0.25, 0.3) is 0 Å². The summed E-state index contributed by atoms with van der Waals surface area (Å²) in [4.78, 5) is 16.0. The third-order valence-electron chi connectivity index (χ3n) is 6.32. The number of carbonyl (C=O) groups excluding carboxylic acids is 1. The molecule has 0 bridgehead atoms. The van der Waals surface area contributed by atoms with Gasteiger partial charge in [-0.3, -0.25) is 9.36 Å². The second-order valence-corrected chi connectivity index (χ2v) is 10.9. The van der Waals surface area contributed by atoms with Crippen molar-refractivity contribution in [3.63, 3.8) is 0 Å². The quantitative estimate of drug-likeness (QED) is 0.329. The minimum Gasteiger partial charge on any atom is -0.376 e. The molecule has 2 aromatic heterocycles. The Kier molecular flexibility index (Phi) is 6.67. The summed E-state index contributed by atoms with van der Waals surface area (Å²) in [5.74, 6) is 0.968. The first kappa shape index (κ1) is 23.6. The number of nitrogens with zero attached hydrogens (tertiary/aromatic N) is 3. The first-order valence-corrected chi connectivity index (χ1v) is 13.0. The highest BCUT2D eigenvalue weighted by Crippen LogP contribution is 2.31. The minimum absolute atomic E-state index is 0.0705. The molecule has 1 fully saturated rings. The van der Waals surface area contributed by atoms with Crippen molar-refractivity contribution < 1.29 is 9.53 Å². The maximum atomic E-state index is 12.7. The molecule has 7 nitrogen and oxygen atoms in total. The maximum absolute atomic E-state index is 12.7. The summed E-state index contributed by atoms with van der Waals surface area (Å²) in [6.07, 6.45) is 4.18. The van der Waals surface area contributed by atoms with Crippen LogP contribution in [0, 0.1) is 0 Å². The molecule has 1 atom stereocenters. The van der Waals surface area contributed by atoms with E-state index in [1.54, 1.807) is 0 Å². The number of hydrogen-bond acceptors (Lipinski definition) is 5. The van der Waals surface area contributed by atoms with Gasteiger partial charge in [0, 0.05) is 35.0 Å². The van der Waals surface area contributed by atoms with E-state index in [1.807, 2.05) is 36.5 Å². The number of thioether (sulfide) groups is 1. The standard InChI is InChI=1S/C27H31N5O2S/c1-27(2,3)18-10-12-19(13-11-18)29-24(33)17-35-26-31-30-25(32(26)16-20-7-6-14-34-20)22-15-28-23-9-5-4-8-21(22)23/h4-5,8-13,15,20,28H,6-7,14,16-17H2,1-3H3,(H,29,33). The lowest BCUT2D eigenvalue weighted by Crippen LogP contribution is -2.18. The molecule has 0 aliphatic carbocycles. The molecular formula is C27H31N5O2S. The van der Waals surface area contributed by atoms with Crippen molar-refractivity contribution in [2.75, 3.05) is 17.7 Å². The van der Waals surface area contributed by atoms with Crippen LogP contribution in [0.1, 0.15) is 39.2 Å². The molecule has 1 unspecified atom stereocenters. The van der Waals surface area contributed by atoms with Crippen molar-refractivity contribution in [1.82, 2.24) is 19.7 Å². The third-order valence-corrected chi connectivity index (χ3v) is 7.29. The van der Waals surface area contributed by atoms with Crippen LogP contribution in [0.3, 0.4) is 0 Å². The summed E-state index contributed by atoms with van der Waals surface area (Å²) in [6, 6.07) is 16.2. The molecule has 0 radical (unpaired) electrons. The Bertz CT molecular complexity index is 1310. The molecule has 35 heavy (non-hydrogen) atoms. The molecule has 3 heterocycles. The number of nitrogens with one attached hydrogen (secondary N) is 2. The summed E-state index contributed by atoms with van der Waals surface area (Å²) < 4.78 is 8.01. The van der Waals surface area contributed by atoms with Crippen LogP contribution in [0.25, 0.3) is 22.3 Å². The fraction of sp³-hybridized carbons (Fsp3) is 0.370. The predicted octanol–water partition coefficient (Wildman–Crippen LogP) is 5.63. The second kappa shape index (κ2) is 9.87. The fourth-order valence-electron chi connectivity index (χ4n) is 4.39. The van der Waals surface area contributed by atoms with Gasteiger partial charge < -0.3 is 15.0 Å². The number of rotatable bonds is 7. The van der Waals surface area contributed by atoms with Crippen molar-refractivity contribution in [3.8, 4) is 11.4 Å². The number of H-pyrrole nitrogens is 1. The molecule has 182 valence electrons. The summed E-state index contributed by atoms with van der Waals surface area (Å²) >= 11 is 1.40. The van der Waals surface area contributed by atoms with E-state index >= 15 is 0 Å². The molecule has 1 aliphatic heterocycles. The van der Waals surface area contributed by atoms with E-state index in [0.717, 1.165) is 52.6 Å². The maximum Gasteiger partial charge on any atom is 0.234 e. The molecule has 5 rings (SSSR count). The first-order valence-electron chi connectivity index (χ1n) is 12.0. The van der Waals surface area contributed by atoms with Gasteiger partial charge in [0.1, 0.15) is 0 Å². The molecular weight excluding hydrogens is 458 g/mol. The van der Waals surface area contributed by atoms with Gasteiger partial charge in [-0.15, -0.1) is 10.2 Å². The van der Waals surface area contributed by atoms with E-state index < -0.39 is 0 Å². The van der Waals surface area contributed by atoms with E-state index in [4.69, 9.17) is 4.74 Å². The zero-order chi connectivity index (χ0) is 24.4. The Morgan fingerprint density at radius 3 is 2.71 bits per heavy atom. The SMILES string of the molecule is CC(C)(C)c1ccc(NC(=O)CSc2nnc(-c3c[nH]c4ccccc34)n2CC2CCCO2)cc1. The summed E-state index contributed by atoms with van der Waals surface area (Å²) in [5, 5.41) is 13.8. The minimum atomic E-state index is -0.0705. The number of carbonyl (C=O) groups is 1. The van der Waals surface area contributed by atoms with Crippen LogP contribution in [-0.4, -0.2) is 44.1 Å². The largest absolute Gasteiger partial charge is 0.376 e. The Labute approximate surface area is 209 Å². The molecule has 1 saturated heterocycles. The number of para-hydroxylation sites is 1. The summed E-state index contributed by atoms with van der Waals surface area (Å²) in [5.41, 5.74) is 4.16. The average Bonchev–Trinajstić information content (AvgIpc) is 3.58. The molecule has 0 saturated carbocycles. The van der Waals surface area contributed by atoms with Crippen molar-refractivity contribution in [3.05, 3.63) is 60.3 Å². The van der Waals surface area contributed by atoms with Crippen molar-refractivity contribution in [2.24, 2.45) is 0 Å². The molecule has 2 aromatic carbocycles. The summed E-state index contributed by atoms with van der Waals surface area (Å²) in [7, 11) is 0. The molecule has 8 heteroatoms. The van der Waals surface area contributed by atoms with Crippen molar-refractivity contribution >= 4 is 34.3 Å². The van der Waals surface area contributed by atoms with E-state index in [-0.39, 0.29) is 23.2 Å². The lowest BCUT2D eigenvalue weighted by atomic mass is 9.87. The van der Waals surface area contributed by atoms with E-state index in [9.17, 15) is 4.79 Å². The van der Waals surface area contributed by atoms with Gasteiger partial charge in [0.2, 0.25) is 5.91 Å². The lowest BCUT2D eigenvalue weighted by molar-refractivity contribution is -0.113. The van der Waals surface area contributed by atoms with Gasteiger partial charge in [-0.25, -0.2) is 0 Å². The topological polar surface area (TPSA) is 84.8 Å². The number of fused-ring (bicyclic) bond motifs is 1. The number of aromatic amines is 1. The Hall–Kier alpha value is -3.10. The molecule has 1 amide bonds. The van der Waals surface area contributed by atoms with Gasteiger partial charge in [-0.05, 0) is 42.0 Å². The Morgan fingerprint density at radius 2 is 1.97 bits per heavy atom. The van der Waals surface area contributed by atoms with Crippen LogP contribution in [0.15, 0.2) is 59.9 Å². The average molecular weight is 490 g/mol. The third kappa shape index (κ3) is 5.28. The van der Waals surface area contributed by atoms with Crippen LogP contribution < -0.4 is 5.32 Å². The van der Waals surface area contributed by atoms with Crippen LogP contribution in [0.4, 0.5) is 5.69 Å². The molecule has 4 aromatic rings. The van der Waals surface area contributed by atoms with Crippen LogP contribution in [0.5, 0.6) is 0 Å².